The molecule has 166 valence electrons. The van der Waals surface area contributed by atoms with Crippen molar-refractivity contribution in [3.8, 4) is 22.6 Å². The molecule has 4 aromatic rings. The number of aromatic hydroxyl groups is 2. The molecule has 0 aromatic heterocycles. The number of hydrogen-bond acceptors (Lipinski definition) is 2. The zero-order valence-corrected chi connectivity index (χ0v) is 19.7. The van der Waals surface area contributed by atoms with Crippen molar-refractivity contribution in [2.75, 3.05) is 0 Å². The molecule has 2 N–H and O–H groups in total. The normalized spacial score (nSPS) is 13.6. The van der Waals surface area contributed by atoms with Crippen LogP contribution in [-0.2, 0) is 18.3 Å². The summed E-state index contributed by atoms with van der Waals surface area (Å²) < 4.78 is 0. The van der Waals surface area contributed by atoms with Crippen molar-refractivity contribution in [2.45, 2.75) is 46.0 Å². The average Bonchev–Trinajstić information content (AvgIpc) is 3.14. The summed E-state index contributed by atoms with van der Waals surface area (Å²) in [5.41, 5.74) is 10.3. The van der Waals surface area contributed by atoms with E-state index in [9.17, 15) is 10.2 Å². The maximum atomic E-state index is 11.0. The maximum absolute atomic E-state index is 11.0. The van der Waals surface area contributed by atoms with Crippen LogP contribution < -0.4 is 0 Å². The Morgan fingerprint density at radius 1 is 0.606 bits per heavy atom. The van der Waals surface area contributed by atoms with Gasteiger partial charge in [-0.3, -0.25) is 0 Å². The summed E-state index contributed by atoms with van der Waals surface area (Å²) in [6.07, 6.45) is 1.68. The predicted octanol–water partition coefficient (Wildman–Crippen LogP) is 7.20. The van der Waals surface area contributed by atoms with Gasteiger partial charge in [0.25, 0.3) is 0 Å². The van der Waals surface area contributed by atoms with Crippen LogP contribution in [0.2, 0.25) is 0 Å². The Hall–Kier alpha value is -3.52. The van der Waals surface area contributed by atoms with Gasteiger partial charge in [-0.1, -0.05) is 74.5 Å². The molecule has 0 heterocycles. The number of benzene rings is 4. The molecule has 0 fully saturated rings. The Morgan fingerprint density at radius 3 is 1.39 bits per heavy atom. The van der Waals surface area contributed by atoms with Crippen LogP contribution in [0.15, 0.2) is 72.8 Å². The zero-order chi connectivity index (χ0) is 23.3. The van der Waals surface area contributed by atoms with Crippen LogP contribution in [-0.4, -0.2) is 10.2 Å². The summed E-state index contributed by atoms with van der Waals surface area (Å²) in [7, 11) is 0. The van der Waals surface area contributed by atoms with Gasteiger partial charge in [-0.05, 0) is 94.5 Å². The molecule has 0 amide bonds. The summed E-state index contributed by atoms with van der Waals surface area (Å²) in [6, 6.07) is 25.4. The molecule has 0 bridgehead atoms. The number of aryl methyl sites for hydroxylation is 2. The molecule has 5 rings (SSSR count). The molecule has 0 saturated carbocycles. The van der Waals surface area contributed by atoms with Crippen LogP contribution in [0.3, 0.4) is 0 Å². The van der Waals surface area contributed by atoms with Crippen molar-refractivity contribution in [1.82, 2.24) is 0 Å². The Kier molecular flexibility index (Phi) is 5.05. The van der Waals surface area contributed by atoms with Crippen molar-refractivity contribution in [1.29, 1.82) is 0 Å². The minimum atomic E-state index is -0.628. The minimum Gasteiger partial charge on any atom is -0.508 e. The molecule has 4 aromatic carbocycles. The Balaban J connectivity index is 1.99. The molecular formula is C31H30O2. The van der Waals surface area contributed by atoms with Crippen molar-refractivity contribution in [2.24, 2.45) is 0 Å². The minimum absolute atomic E-state index is 0.317. The van der Waals surface area contributed by atoms with Gasteiger partial charge in [0.2, 0.25) is 0 Å². The van der Waals surface area contributed by atoms with Gasteiger partial charge in [0.15, 0.2) is 0 Å². The monoisotopic (exact) mass is 434 g/mol. The third-order valence-electron chi connectivity index (χ3n) is 7.56. The molecule has 1 aliphatic carbocycles. The first kappa shape index (κ1) is 21.3. The highest BCUT2D eigenvalue weighted by atomic mass is 16.3. The van der Waals surface area contributed by atoms with E-state index in [1.807, 2.05) is 26.0 Å². The first-order valence-corrected chi connectivity index (χ1v) is 11.8. The molecule has 0 saturated heterocycles. The van der Waals surface area contributed by atoms with Crippen LogP contribution in [0.1, 0.15) is 58.4 Å². The highest BCUT2D eigenvalue weighted by Crippen LogP contribution is 2.57. The van der Waals surface area contributed by atoms with Crippen molar-refractivity contribution in [3.63, 3.8) is 0 Å². The van der Waals surface area contributed by atoms with Crippen LogP contribution in [0.25, 0.3) is 11.1 Å². The van der Waals surface area contributed by atoms with E-state index in [4.69, 9.17) is 0 Å². The van der Waals surface area contributed by atoms with Crippen molar-refractivity contribution >= 4 is 0 Å². The number of rotatable bonds is 4. The summed E-state index contributed by atoms with van der Waals surface area (Å²) >= 11 is 0. The third-order valence-corrected chi connectivity index (χ3v) is 7.56. The van der Waals surface area contributed by atoms with Crippen LogP contribution in [0, 0.1) is 13.8 Å². The fraction of sp³-hybridized carbons (Fsp3) is 0.226. The van der Waals surface area contributed by atoms with Crippen LogP contribution in [0.4, 0.5) is 0 Å². The number of phenols is 2. The zero-order valence-electron chi connectivity index (χ0n) is 19.7. The van der Waals surface area contributed by atoms with Gasteiger partial charge in [-0.15, -0.1) is 0 Å². The topological polar surface area (TPSA) is 40.5 Å². The highest BCUT2D eigenvalue weighted by Gasteiger charge is 2.46. The molecule has 0 atom stereocenters. The van der Waals surface area contributed by atoms with Gasteiger partial charge in [0.1, 0.15) is 11.5 Å². The summed E-state index contributed by atoms with van der Waals surface area (Å²) in [6.45, 7) is 8.21. The van der Waals surface area contributed by atoms with E-state index in [2.05, 4.69) is 74.5 Å². The summed E-state index contributed by atoms with van der Waals surface area (Å²) in [4.78, 5) is 0. The van der Waals surface area contributed by atoms with E-state index in [-0.39, 0.29) is 0 Å². The predicted molar refractivity (Wildman–Crippen MR) is 135 cm³/mol. The molecule has 1 aliphatic rings. The lowest BCUT2D eigenvalue weighted by Crippen LogP contribution is -2.29. The van der Waals surface area contributed by atoms with E-state index in [0.29, 0.717) is 11.5 Å². The van der Waals surface area contributed by atoms with Crippen molar-refractivity contribution in [3.05, 3.63) is 117 Å². The fourth-order valence-electron chi connectivity index (χ4n) is 5.71. The van der Waals surface area contributed by atoms with Gasteiger partial charge in [0.05, 0.1) is 5.41 Å². The standard InChI is InChI=1S/C31H30O2/c1-5-21-15-23(17-29(32)19(21)3)31(24-16-22(6-2)20(4)30(33)18-24)27-13-9-7-11-25(27)26-12-8-10-14-28(26)31/h7-18,32-33H,5-6H2,1-4H3. The second-order valence-corrected chi connectivity index (χ2v) is 9.11. The first-order valence-electron chi connectivity index (χ1n) is 11.8. The first-order chi connectivity index (χ1) is 15.9. The SMILES string of the molecule is CCc1cc(C2(c3cc(O)c(C)c(CC)c3)c3ccccc3-c3ccccc32)cc(O)c1C. The molecule has 33 heavy (non-hydrogen) atoms. The van der Waals surface area contributed by atoms with Crippen molar-refractivity contribution < 1.29 is 10.2 Å². The molecule has 0 radical (unpaired) electrons. The molecule has 0 aliphatic heterocycles. The molecular weight excluding hydrogens is 404 g/mol. The van der Waals surface area contributed by atoms with E-state index in [0.717, 1.165) is 46.2 Å². The van der Waals surface area contributed by atoms with E-state index in [1.165, 1.54) is 22.3 Å². The Bertz CT molecular complexity index is 1270. The average molecular weight is 435 g/mol. The maximum Gasteiger partial charge on any atom is 0.119 e. The van der Waals surface area contributed by atoms with E-state index >= 15 is 0 Å². The van der Waals surface area contributed by atoms with Gasteiger partial charge in [0, 0.05) is 0 Å². The number of phenolic OH excluding ortho intramolecular Hbond substituents is 2. The Labute approximate surface area is 196 Å². The number of hydrogen-bond donors (Lipinski definition) is 2. The lowest BCUT2D eigenvalue weighted by Gasteiger charge is -2.35. The van der Waals surface area contributed by atoms with Crippen LogP contribution in [0.5, 0.6) is 11.5 Å². The van der Waals surface area contributed by atoms with Gasteiger partial charge in [-0.2, -0.15) is 0 Å². The number of fused-ring (bicyclic) bond motifs is 3. The second-order valence-electron chi connectivity index (χ2n) is 9.11. The van der Waals surface area contributed by atoms with Gasteiger partial charge in [-0.25, -0.2) is 0 Å². The lowest BCUT2D eigenvalue weighted by molar-refractivity contribution is 0.467. The van der Waals surface area contributed by atoms with Crippen LogP contribution >= 0.6 is 0 Å². The molecule has 0 spiro atoms. The van der Waals surface area contributed by atoms with E-state index in [1.54, 1.807) is 0 Å². The quantitative estimate of drug-likeness (QED) is 0.314. The second kappa shape index (κ2) is 7.81. The Morgan fingerprint density at radius 2 is 1.00 bits per heavy atom. The fourth-order valence-corrected chi connectivity index (χ4v) is 5.71. The van der Waals surface area contributed by atoms with Gasteiger partial charge >= 0.3 is 0 Å². The molecule has 2 heteroatoms. The van der Waals surface area contributed by atoms with E-state index < -0.39 is 5.41 Å². The van der Waals surface area contributed by atoms with Gasteiger partial charge < -0.3 is 10.2 Å². The highest BCUT2D eigenvalue weighted by molar-refractivity contribution is 5.86. The molecule has 2 nitrogen and oxygen atoms in total. The third kappa shape index (κ3) is 2.94. The molecule has 0 unspecified atom stereocenters. The summed E-state index contributed by atoms with van der Waals surface area (Å²) in [5.74, 6) is 0.635. The smallest absolute Gasteiger partial charge is 0.119 e. The largest absolute Gasteiger partial charge is 0.508 e. The summed E-state index contributed by atoms with van der Waals surface area (Å²) in [5, 5.41) is 22.0. The lowest BCUT2D eigenvalue weighted by atomic mass is 9.66.